The first-order valence-corrected chi connectivity index (χ1v) is 4.29. The molecule has 0 aliphatic carbocycles. The molecule has 0 bridgehead atoms. The van der Waals surface area contributed by atoms with E-state index < -0.39 is 4.92 Å². The Balaban J connectivity index is 2.70. The number of nitro groups is 1. The molecule has 0 radical (unpaired) electrons. The molecule has 0 spiro atoms. The molecular weight excluding hydrogens is 238 g/mol. The van der Waals surface area contributed by atoms with Gasteiger partial charge in [-0.2, -0.15) is 0 Å². The van der Waals surface area contributed by atoms with Crippen LogP contribution in [0, 0.1) is 10.1 Å². The minimum Gasteiger partial charge on any atom is -0.456 e. The van der Waals surface area contributed by atoms with Gasteiger partial charge in [0.15, 0.2) is 4.67 Å². The van der Waals surface area contributed by atoms with Gasteiger partial charge in [0.1, 0.15) is 6.26 Å². The Bertz CT molecular complexity index is 477. The lowest BCUT2D eigenvalue weighted by Gasteiger charge is -1.90. The maximum absolute atomic E-state index is 10.4. The fourth-order valence-corrected chi connectivity index (χ4v) is 1.57. The van der Waals surface area contributed by atoms with E-state index in [1.165, 1.54) is 18.4 Å². The molecule has 0 unspecified atom stereocenters. The zero-order valence-corrected chi connectivity index (χ0v) is 7.95. The first-order valence-electron chi connectivity index (χ1n) is 3.49. The van der Waals surface area contributed by atoms with E-state index in [1.54, 1.807) is 6.07 Å². The van der Waals surface area contributed by atoms with Crippen LogP contribution in [0.5, 0.6) is 0 Å². The van der Waals surface area contributed by atoms with Crippen molar-refractivity contribution in [2.75, 3.05) is 0 Å². The SMILES string of the molecule is O=[N+]([O-])c1ccc2c(Br)occ2c1. The van der Waals surface area contributed by atoms with Crippen LogP contribution in [0.15, 0.2) is 33.5 Å². The summed E-state index contributed by atoms with van der Waals surface area (Å²) in [4.78, 5) is 9.98. The van der Waals surface area contributed by atoms with Crippen molar-refractivity contribution in [3.05, 3.63) is 39.2 Å². The molecular formula is C8H4BrNO3. The lowest BCUT2D eigenvalue weighted by molar-refractivity contribution is -0.384. The van der Waals surface area contributed by atoms with Crippen LogP contribution in [-0.4, -0.2) is 4.92 Å². The number of nitrogens with zero attached hydrogens (tertiary/aromatic N) is 1. The Morgan fingerprint density at radius 1 is 1.46 bits per heavy atom. The predicted molar refractivity (Wildman–Crippen MR) is 50.6 cm³/mol. The van der Waals surface area contributed by atoms with E-state index in [1.807, 2.05) is 0 Å². The van der Waals surface area contributed by atoms with Crippen LogP contribution in [-0.2, 0) is 0 Å². The van der Waals surface area contributed by atoms with Crippen LogP contribution >= 0.6 is 15.9 Å². The topological polar surface area (TPSA) is 56.3 Å². The van der Waals surface area contributed by atoms with E-state index in [9.17, 15) is 10.1 Å². The molecule has 0 N–H and O–H groups in total. The highest BCUT2D eigenvalue weighted by molar-refractivity contribution is 9.10. The van der Waals surface area contributed by atoms with E-state index in [-0.39, 0.29) is 5.69 Å². The molecule has 2 aromatic rings. The molecule has 1 heterocycles. The lowest BCUT2D eigenvalue weighted by Crippen LogP contribution is -1.85. The summed E-state index contributed by atoms with van der Waals surface area (Å²) < 4.78 is 5.64. The monoisotopic (exact) mass is 241 g/mol. The number of hydrogen-bond donors (Lipinski definition) is 0. The average molecular weight is 242 g/mol. The molecule has 0 saturated carbocycles. The second-order valence-electron chi connectivity index (χ2n) is 2.54. The molecule has 0 fully saturated rings. The van der Waals surface area contributed by atoms with Gasteiger partial charge in [0.05, 0.1) is 4.92 Å². The van der Waals surface area contributed by atoms with Gasteiger partial charge in [0.2, 0.25) is 0 Å². The fraction of sp³-hybridized carbons (Fsp3) is 0. The van der Waals surface area contributed by atoms with E-state index in [2.05, 4.69) is 15.9 Å². The second kappa shape index (κ2) is 2.85. The molecule has 0 aliphatic heterocycles. The summed E-state index contributed by atoms with van der Waals surface area (Å²) in [5.41, 5.74) is 0.0702. The number of nitro benzene ring substituents is 1. The van der Waals surface area contributed by atoms with Crippen molar-refractivity contribution < 1.29 is 9.34 Å². The Labute approximate surface area is 81.4 Å². The first-order chi connectivity index (χ1) is 6.18. The highest BCUT2D eigenvalue weighted by Crippen LogP contribution is 2.28. The zero-order chi connectivity index (χ0) is 9.42. The third-order valence-corrected chi connectivity index (χ3v) is 2.36. The van der Waals surface area contributed by atoms with E-state index >= 15 is 0 Å². The Hall–Kier alpha value is -1.36. The van der Waals surface area contributed by atoms with Crippen molar-refractivity contribution >= 4 is 32.4 Å². The first kappa shape index (κ1) is 8.25. The molecule has 0 saturated heterocycles. The van der Waals surface area contributed by atoms with E-state index in [0.717, 1.165) is 10.8 Å². The Kier molecular flexibility index (Phi) is 1.81. The van der Waals surface area contributed by atoms with Gasteiger partial charge in [-0.15, -0.1) is 0 Å². The standard InChI is InChI=1S/C8H4BrNO3/c9-8-7-2-1-6(10(11)12)3-5(7)4-13-8/h1-4H. The van der Waals surface area contributed by atoms with Crippen molar-refractivity contribution in [2.45, 2.75) is 0 Å². The molecule has 2 rings (SSSR count). The van der Waals surface area contributed by atoms with Gasteiger partial charge in [-0.3, -0.25) is 10.1 Å². The van der Waals surface area contributed by atoms with Crippen LogP contribution in [0.3, 0.4) is 0 Å². The van der Waals surface area contributed by atoms with Crippen molar-refractivity contribution in [2.24, 2.45) is 0 Å². The molecule has 5 heteroatoms. The van der Waals surface area contributed by atoms with Crippen LogP contribution in [0.25, 0.3) is 10.8 Å². The number of benzene rings is 1. The normalized spacial score (nSPS) is 10.5. The van der Waals surface area contributed by atoms with Crippen molar-refractivity contribution in [1.29, 1.82) is 0 Å². The maximum Gasteiger partial charge on any atom is 0.270 e. The summed E-state index contributed by atoms with van der Waals surface area (Å²) in [6.07, 6.45) is 1.48. The number of halogens is 1. The third-order valence-electron chi connectivity index (χ3n) is 1.75. The quantitative estimate of drug-likeness (QED) is 0.570. The molecule has 0 aliphatic rings. The van der Waals surface area contributed by atoms with E-state index in [0.29, 0.717) is 4.67 Å². The van der Waals surface area contributed by atoms with Crippen molar-refractivity contribution in [3.63, 3.8) is 0 Å². The van der Waals surface area contributed by atoms with Gasteiger partial charge < -0.3 is 4.42 Å². The van der Waals surface area contributed by atoms with Gasteiger partial charge in [-0.05, 0) is 22.0 Å². The van der Waals surface area contributed by atoms with Crippen LogP contribution in [0.1, 0.15) is 0 Å². The largest absolute Gasteiger partial charge is 0.456 e. The minimum absolute atomic E-state index is 0.0702. The maximum atomic E-state index is 10.4. The Morgan fingerprint density at radius 2 is 2.23 bits per heavy atom. The van der Waals surface area contributed by atoms with E-state index in [4.69, 9.17) is 4.42 Å². The molecule has 66 valence electrons. The number of rotatable bonds is 1. The highest BCUT2D eigenvalue weighted by Gasteiger charge is 2.09. The van der Waals surface area contributed by atoms with Gasteiger partial charge >= 0.3 is 0 Å². The fourth-order valence-electron chi connectivity index (χ4n) is 1.12. The average Bonchev–Trinajstić information content (AvgIpc) is 2.47. The Morgan fingerprint density at radius 3 is 2.92 bits per heavy atom. The number of non-ortho nitro benzene ring substituents is 1. The van der Waals surface area contributed by atoms with Crippen LogP contribution in [0.4, 0.5) is 5.69 Å². The second-order valence-corrected chi connectivity index (χ2v) is 3.26. The number of fused-ring (bicyclic) bond motifs is 1. The van der Waals surface area contributed by atoms with Gasteiger partial charge in [0, 0.05) is 22.9 Å². The molecule has 13 heavy (non-hydrogen) atoms. The zero-order valence-electron chi connectivity index (χ0n) is 6.36. The summed E-state index contributed by atoms with van der Waals surface area (Å²) in [5, 5.41) is 12.0. The van der Waals surface area contributed by atoms with Crippen molar-refractivity contribution in [1.82, 2.24) is 0 Å². The summed E-state index contributed by atoms with van der Waals surface area (Å²) in [6, 6.07) is 4.58. The molecule has 4 nitrogen and oxygen atoms in total. The predicted octanol–water partition coefficient (Wildman–Crippen LogP) is 3.10. The number of hydrogen-bond acceptors (Lipinski definition) is 3. The minimum atomic E-state index is -0.430. The molecule has 0 atom stereocenters. The van der Waals surface area contributed by atoms with Gasteiger partial charge in [0.25, 0.3) is 5.69 Å². The lowest BCUT2D eigenvalue weighted by atomic mass is 10.2. The third kappa shape index (κ3) is 1.31. The number of furan rings is 1. The highest BCUT2D eigenvalue weighted by atomic mass is 79.9. The summed E-state index contributed by atoms with van der Waals surface area (Å²) >= 11 is 3.19. The smallest absolute Gasteiger partial charge is 0.270 e. The molecule has 1 aromatic heterocycles. The van der Waals surface area contributed by atoms with Gasteiger partial charge in [-0.1, -0.05) is 0 Å². The van der Waals surface area contributed by atoms with Crippen LogP contribution < -0.4 is 0 Å². The summed E-state index contributed by atoms with van der Waals surface area (Å²) in [7, 11) is 0. The van der Waals surface area contributed by atoms with Crippen molar-refractivity contribution in [3.8, 4) is 0 Å². The summed E-state index contributed by atoms with van der Waals surface area (Å²) in [6.45, 7) is 0. The molecule has 0 amide bonds. The van der Waals surface area contributed by atoms with Gasteiger partial charge in [-0.25, -0.2) is 0 Å². The van der Waals surface area contributed by atoms with Crippen LogP contribution in [0.2, 0.25) is 0 Å². The summed E-state index contributed by atoms with van der Waals surface area (Å²) in [5.74, 6) is 0. The molecule has 1 aromatic carbocycles.